The maximum atomic E-state index is 12.7. The number of hydrogen-bond acceptors (Lipinski definition) is 2. The summed E-state index contributed by atoms with van der Waals surface area (Å²) in [6.45, 7) is 9.88. The van der Waals surface area contributed by atoms with Gasteiger partial charge in [-0.1, -0.05) is 19.9 Å². The fourth-order valence-corrected chi connectivity index (χ4v) is 8.82. The summed E-state index contributed by atoms with van der Waals surface area (Å²) in [5.41, 5.74) is 1.90. The van der Waals surface area contributed by atoms with Crippen LogP contribution < -0.4 is 0 Å². The van der Waals surface area contributed by atoms with Crippen molar-refractivity contribution in [3.63, 3.8) is 0 Å². The van der Waals surface area contributed by atoms with E-state index in [9.17, 15) is 4.79 Å². The second-order valence-corrected chi connectivity index (χ2v) is 11.1. The first-order chi connectivity index (χ1) is 13.0. The highest BCUT2D eigenvalue weighted by Crippen LogP contribution is 2.66. The van der Waals surface area contributed by atoms with Gasteiger partial charge < -0.3 is 4.90 Å². The van der Waals surface area contributed by atoms with Crippen LogP contribution in [-0.2, 0) is 4.79 Å². The number of ketones is 1. The van der Waals surface area contributed by atoms with E-state index >= 15 is 0 Å². The highest BCUT2D eigenvalue weighted by atomic mass is 16.1. The van der Waals surface area contributed by atoms with Gasteiger partial charge in [0.15, 0.2) is 5.78 Å². The number of carbonyl (C=O) groups is 1. The molecule has 0 aromatic heterocycles. The van der Waals surface area contributed by atoms with E-state index in [1.54, 1.807) is 0 Å². The largest absolute Gasteiger partial charge is 0.300 e. The highest BCUT2D eigenvalue weighted by Gasteiger charge is 2.60. The van der Waals surface area contributed by atoms with E-state index in [0.717, 1.165) is 30.2 Å². The predicted octanol–water partition coefficient (Wildman–Crippen LogP) is 5.62. The number of fused-ring (bicyclic) bond motifs is 5. The van der Waals surface area contributed by atoms with E-state index < -0.39 is 0 Å². The Morgan fingerprint density at radius 3 is 2.52 bits per heavy atom. The summed E-state index contributed by atoms with van der Waals surface area (Å²) in [7, 11) is 0. The van der Waals surface area contributed by atoms with Crippen molar-refractivity contribution in [1.82, 2.24) is 4.90 Å². The fourth-order valence-electron chi connectivity index (χ4n) is 8.82. The average Bonchev–Trinajstić information content (AvgIpc) is 3.26. The van der Waals surface area contributed by atoms with E-state index in [0.29, 0.717) is 17.1 Å². The maximum Gasteiger partial charge on any atom is 0.159 e. The summed E-state index contributed by atoms with van der Waals surface area (Å²) in [6, 6.07) is 0.874. The minimum absolute atomic E-state index is 0.183. The number of likely N-dealkylation sites (tertiary alicyclic amines) is 1. The molecule has 0 bridgehead atoms. The molecule has 1 saturated heterocycles. The number of allylic oxidation sites excluding steroid dienone is 2. The Labute approximate surface area is 166 Å². The van der Waals surface area contributed by atoms with Gasteiger partial charge in [0.25, 0.3) is 0 Å². The first-order valence-electron chi connectivity index (χ1n) is 11.9. The molecular weight excluding hydrogens is 330 g/mol. The molecule has 1 aliphatic heterocycles. The van der Waals surface area contributed by atoms with Crippen LogP contribution in [0.4, 0.5) is 0 Å². The van der Waals surface area contributed by atoms with Gasteiger partial charge in [0.2, 0.25) is 0 Å². The third-order valence-electron chi connectivity index (χ3n) is 10.3. The average molecular weight is 370 g/mol. The standard InChI is InChI=1S/C25H39NO/c1-4-20-23(27)16-22-19-8-7-17-15-18(26-13-5-6-14-26)9-11-24(17,2)21(19)10-12-25(20,22)3/h4,17-19,21-22H,5-16H2,1-3H3/b20-4-/t17?,18-,19+,21-,22-,24-,25+/m0/s1. The molecule has 4 aliphatic carbocycles. The zero-order valence-electron chi connectivity index (χ0n) is 17.8. The van der Waals surface area contributed by atoms with Crippen molar-refractivity contribution in [2.24, 2.45) is 34.5 Å². The van der Waals surface area contributed by atoms with Gasteiger partial charge in [-0.3, -0.25) is 4.79 Å². The van der Waals surface area contributed by atoms with Crippen LogP contribution in [0.15, 0.2) is 11.6 Å². The number of carbonyl (C=O) groups excluding carboxylic acids is 1. The Kier molecular flexibility index (Phi) is 4.39. The topological polar surface area (TPSA) is 20.3 Å². The van der Waals surface area contributed by atoms with Gasteiger partial charge in [-0.25, -0.2) is 0 Å². The molecule has 0 N–H and O–H groups in total. The predicted molar refractivity (Wildman–Crippen MR) is 110 cm³/mol. The SMILES string of the molecule is C/C=C1/C(=O)C[C@H]2[C@@H]3CCC4C[C@@H](N5CCCC5)CC[C@]4(C)[C@H]3CC[C@]12C. The van der Waals surface area contributed by atoms with Crippen molar-refractivity contribution in [2.45, 2.75) is 91.0 Å². The summed E-state index contributed by atoms with van der Waals surface area (Å²) < 4.78 is 0. The molecule has 0 radical (unpaired) electrons. The van der Waals surface area contributed by atoms with Crippen LogP contribution in [0.3, 0.4) is 0 Å². The lowest BCUT2D eigenvalue weighted by molar-refractivity contribution is -0.118. The van der Waals surface area contributed by atoms with Crippen molar-refractivity contribution in [1.29, 1.82) is 0 Å². The molecule has 27 heavy (non-hydrogen) atoms. The summed E-state index contributed by atoms with van der Waals surface area (Å²) >= 11 is 0. The first kappa shape index (κ1) is 18.4. The van der Waals surface area contributed by atoms with Gasteiger partial charge in [0.05, 0.1) is 0 Å². The molecule has 1 unspecified atom stereocenters. The van der Waals surface area contributed by atoms with Crippen LogP contribution in [0.2, 0.25) is 0 Å². The second-order valence-electron chi connectivity index (χ2n) is 11.1. The second kappa shape index (κ2) is 6.44. The Morgan fingerprint density at radius 1 is 1.00 bits per heavy atom. The summed E-state index contributed by atoms with van der Waals surface area (Å²) in [5.74, 6) is 3.70. The van der Waals surface area contributed by atoms with Gasteiger partial charge in [0, 0.05) is 12.5 Å². The molecule has 150 valence electrons. The van der Waals surface area contributed by atoms with Gasteiger partial charge in [-0.05, 0) is 118 Å². The third kappa shape index (κ3) is 2.57. The number of nitrogens with zero attached hydrogens (tertiary/aromatic N) is 1. The fraction of sp³-hybridized carbons (Fsp3) is 0.880. The molecule has 0 amide bonds. The van der Waals surface area contributed by atoms with Crippen LogP contribution in [0.1, 0.15) is 85.0 Å². The van der Waals surface area contributed by atoms with Crippen molar-refractivity contribution < 1.29 is 4.79 Å². The molecule has 0 spiro atoms. The van der Waals surface area contributed by atoms with Crippen LogP contribution in [0.5, 0.6) is 0 Å². The van der Waals surface area contributed by atoms with E-state index in [4.69, 9.17) is 0 Å². The molecule has 4 saturated carbocycles. The lowest BCUT2D eigenvalue weighted by atomic mass is 9.45. The van der Waals surface area contributed by atoms with E-state index in [-0.39, 0.29) is 5.41 Å². The molecule has 2 nitrogen and oxygen atoms in total. The first-order valence-corrected chi connectivity index (χ1v) is 11.9. The monoisotopic (exact) mass is 369 g/mol. The molecular formula is C25H39NO. The highest BCUT2D eigenvalue weighted by molar-refractivity contribution is 5.99. The zero-order chi connectivity index (χ0) is 18.8. The van der Waals surface area contributed by atoms with Gasteiger partial charge >= 0.3 is 0 Å². The number of Topliss-reactive ketones (excluding diaryl/α,β-unsaturated/α-hetero) is 1. The van der Waals surface area contributed by atoms with Crippen LogP contribution >= 0.6 is 0 Å². The third-order valence-corrected chi connectivity index (χ3v) is 10.3. The molecule has 5 aliphatic rings. The summed E-state index contributed by atoms with van der Waals surface area (Å²) in [5, 5.41) is 0. The molecule has 5 fully saturated rings. The smallest absolute Gasteiger partial charge is 0.159 e. The minimum Gasteiger partial charge on any atom is -0.300 e. The normalized spacial score (nSPS) is 51.9. The van der Waals surface area contributed by atoms with E-state index in [1.807, 2.05) is 0 Å². The molecule has 7 atom stereocenters. The summed E-state index contributed by atoms with van der Waals surface area (Å²) in [4.78, 5) is 15.5. The molecule has 5 rings (SSSR count). The van der Waals surface area contributed by atoms with E-state index in [2.05, 4.69) is 31.7 Å². The lowest BCUT2D eigenvalue weighted by Gasteiger charge is -2.61. The van der Waals surface area contributed by atoms with Crippen LogP contribution in [0.25, 0.3) is 0 Å². The van der Waals surface area contributed by atoms with Gasteiger partial charge in [-0.15, -0.1) is 0 Å². The van der Waals surface area contributed by atoms with Gasteiger partial charge in [0.1, 0.15) is 0 Å². The van der Waals surface area contributed by atoms with Gasteiger partial charge in [-0.2, -0.15) is 0 Å². The molecule has 0 aromatic rings. The number of rotatable bonds is 1. The Bertz CT molecular complexity index is 647. The quantitative estimate of drug-likeness (QED) is 0.559. The molecule has 2 heteroatoms. The Morgan fingerprint density at radius 2 is 1.78 bits per heavy atom. The number of hydrogen-bond donors (Lipinski definition) is 0. The minimum atomic E-state index is 0.183. The molecule has 1 heterocycles. The summed E-state index contributed by atoms with van der Waals surface area (Å²) in [6.07, 6.45) is 15.6. The lowest BCUT2D eigenvalue weighted by Crippen LogP contribution is -2.54. The van der Waals surface area contributed by atoms with Crippen molar-refractivity contribution in [2.75, 3.05) is 13.1 Å². The zero-order valence-corrected chi connectivity index (χ0v) is 17.8. The van der Waals surface area contributed by atoms with Crippen molar-refractivity contribution in [3.05, 3.63) is 11.6 Å². The Hall–Kier alpha value is -0.630. The van der Waals surface area contributed by atoms with Crippen LogP contribution in [0, 0.1) is 34.5 Å². The maximum absolute atomic E-state index is 12.7. The van der Waals surface area contributed by atoms with E-state index in [1.165, 1.54) is 76.5 Å². The van der Waals surface area contributed by atoms with Crippen molar-refractivity contribution >= 4 is 5.78 Å². The Balaban J connectivity index is 1.38. The molecule has 0 aromatic carbocycles. The van der Waals surface area contributed by atoms with Crippen LogP contribution in [-0.4, -0.2) is 29.8 Å². The van der Waals surface area contributed by atoms with Crippen molar-refractivity contribution in [3.8, 4) is 0 Å².